The van der Waals surface area contributed by atoms with E-state index in [-0.39, 0.29) is 12.5 Å². The third-order valence-electron chi connectivity index (χ3n) is 3.38. The van der Waals surface area contributed by atoms with E-state index in [2.05, 4.69) is 15.4 Å². The zero-order valence-electron chi connectivity index (χ0n) is 13.9. The number of anilines is 1. The number of methoxy groups -OCH3 is 2. The number of ether oxygens (including phenoxy) is 2. The van der Waals surface area contributed by atoms with E-state index >= 15 is 0 Å². The lowest BCUT2D eigenvalue weighted by molar-refractivity contribution is -0.139. The van der Waals surface area contributed by atoms with Crippen LogP contribution in [-0.2, 0) is 9.53 Å². The predicted molar refractivity (Wildman–Crippen MR) is 91.7 cm³/mol. The molecule has 130 valence electrons. The van der Waals surface area contributed by atoms with Crippen molar-refractivity contribution in [2.75, 3.05) is 26.1 Å². The van der Waals surface area contributed by atoms with Crippen LogP contribution in [0.3, 0.4) is 0 Å². The molecular formula is C18H18N2O5. The number of benzene rings is 2. The average Bonchev–Trinajstić information content (AvgIpc) is 2.66. The molecule has 2 rings (SSSR count). The van der Waals surface area contributed by atoms with Gasteiger partial charge in [0.2, 0.25) is 0 Å². The van der Waals surface area contributed by atoms with Gasteiger partial charge in [0.05, 0.1) is 19.8 Å². The number of carbonyl (C=O) groups is 3. The Hall–Kier alpha value is -3.35. The summed E-state index contributed by atoms with van der Waals surface area (Å²) in [6, 6.07) is 13.2. The topological polar surface area (TPSA) is 93.7 Å². The standard InChI is InChI=1S/C18H18N2O5/c1-24-15-6-4-3-5-14(15)18(23)20-13-9-7-12(8-10-13)17(22)19-11-16(21)25-2/h3-10H,11H2,1-2H3,(H,19,22)(H,20,23). The number of amides is 2. The van der Waals surface area contributed by atoms with Crippen LogP contribution in [0.25, 0.3) is 0 Å². The molecule has 2 aromatic carbocycles. The third kappa shape index (κ3) is 4.81. The number of para-hydroxylation sites is 1. The molecule has 25 heavy (non-hydrogen) atoms. The lowest BCUT2D eigenvalue weighted by Crippen LogP contribution is -2.30. The van der Waals surface area contributed by atoms with Gasteiger partial charge in [-0.25, -0.2) is 0 Å². The molecule has 0 saturated heterocycles. The largest absolute Gasteiger partial charge is 0.496 e. The van der Waals surface area contributed by atoms with Crippen LogP contribution in [0.4, 0.5) is 5.69 Å². The maximum atomic E-state index is 12.3. The SMILES string of the molecule is COC(=O)CNC(=O)c1ccc(NC(=O)c2ccccc2OC)cc1. The lowest BCUT2D eigenvalue weighted by atomic mass is 10.1. The van der Waals surface area contributed by atoms with E-state index in [9.17, 15) is 14.4 Å². The molecule has 2 aromatic rings. The van der Waals surface area contributed by atoms with Crippen molar-refractivity contribution in [3.05, 3.63) is 59.7 Å². The molecule has 0 radical (unpaired) electrons. The Kier molecular flexibility index (Phi) is 6.11. The summed E-state index contributed by atoms with van der Waals surface area (Å²) in [5, 5.41) is 5.17. The van der Waals surface area contributed by atoms with Gasteiger partial charge < -0.3 is 20.1 Å². The number of esters is 1. The molecule has 2 amide bonds. The van der Waals surface area contributed by atoms with Gasteiger partial charge in [0, 0.05) is 11.3 Å². The fourth-order valence-corrected chi connectivity index (χ4v) is 2.06. The Morgan fingerprint density at radius 3 is 2.24 bits per heavy atom. The van der Waals surface area contributed by atoms with Crippen LogP contribution < -0.4 is 15.4 Å². The van der Waals surface area contributed by atoms with E-state index in [1.807, 2.05) is 0 Å². The summed E-state index contributed by atoms with van der Waals surface area (Å²) >= 11 is 0. The first-order valence-electron chi connectivity index (χ1n) is 7.44. The second kappa shape index (κ2) is 8.49. The van der Waals surface area contributed by atoms with Gasteiger partial charge >= 0.3 is 5.97 Å². The van der Waals surface area contributed by atoms with Crippen LogP contribution in [0.1, 0.15) is 20.7 Å². The second-order valence-corrected chi connectivity index (χ2v) is 4.99. The molecule has 7 heteroatoms. The third-order valence-corrected chi connectivity index (χ3v) is 3.38. The van der Waals surface area contributed by atoms with Crippen molar-refractivity contribution >= 4 is 23.5 Å². The molecule has 0 fully saturated rings. The van der Waals surface area contributed by atoms with Crippen LogP contribution in [0.15, 0.2) is 48.5 Å². The fourth-order valence-electron chi connectivity index (χ4n) is 2.06. The van der Waals surface area contributed by atoms with Gasteiger partial charge in [-0.05, 0) is 36.4 Å². The predicted octanol–water partition coefficient (Wildman–Crippen LogP) is 1.85. The maximum absolute atomic E-state index is 12.3. The zero-order chi connectivity index (χ0) is 18.2. The number of hydrogen-bond acceptors (Lipinski definition) is 5. The van der Waals surface area contributed by atoms with Gasteiger partial charge in [-0.3, -0.25) is 14.4 Å². The summed E-state index contributed by atoms with van der Waals surface area (Å²) in [5.74, 6) is -0.791. The van der Waals surface area contributed by atoms with Crippen LogP contribution in [-0.4, -0.2) is 38.5 Å². The molecule has 0 unspecified atom stereocenters. The first-order valence-corrected chi connectivity index (χ1v) is 7.44. The summed E-state index contributed by atoms with van der Waals surface area (Å²) in [6.45, 7) is -0.207. The molecule has 0 aliphatic carbocycles. The minimum atomic E-state index is -0.533. The summed E-state index contributed by atoms with van der Waals surface area (Å²) in [4.78, 5) is 35.2. The van der Waals surface area contributed by atoms with E-state index in [1.165, 1.54) is 14.2 Å². The molecule has 0 aromatic heterocycles. The first-order chi connectivity index (χ1) is 12.0. The van der Waals surface area contributed by atoms with Crippen molar-refractivity contribution in [2.45, 2.75) is 0 Å². The van der Waals surface area contributed by atoms with Crippen molar-refractivity contribution in [2.24, 2.45) is 0 Å². The van der Waals surface area contributed by atoms with E-state index in [1.54, 1.807) is 48.5 Å². The summed E-state index contributed by atoms with van der Waals surface area (Å²) < 4.78 is 9.61. The molecule has 0 aliphatic heterocycles. The first kappa shape index (κ1) is 18.0. The monoisotopic (exact) mass is 342 g/mol. The molecule has 0 aliphatic rings. The summed E-state index contributed by atoms with van der Waals surface area (Å²) in [7, 11) is 2.74. The van der Waals surface area contributed by atoms with Crippen molar-refractivity contribution in [3.63, 3.8) is 0 Å². The molecule has 0 bridgehead atoms. The van der Waals surface area contributed by atoms with E-state index < -0.39 is 11.9 Å². The molecule has 0 spiro atoms. The van der Waals surface area contributed by atoms with Crippen molar-refractivity contribution in [3.8, 4) is 5.75 Å². The number of nitrogens with one attached hydrogen (secondary N) is 2. The van der Waals surface area contributed by atoms with Crippen LogP contribution >= 0.6 is 0 Å². The average molecular weight is 342 g/mol. The van der Waals surface area contributed by atoms with Gasteiger partial charge in [0.15, 0.2) is 0 Å². The summed E-state index contributed by atoms with van der Waals surface area (Å²) in [5.41, 5.74) is 1.30. The summed E-state index contributed by atoms with van der Waals surface area (Å²) in [6.07, 6.45) is 0. The number of carbonyl (C=O) groups excluding carboxylic acids is 3. The Morgan fingerprint density at radius 2 is 1.60 bits per heavy atom. The normalized spacial score (nSPS) is 9.84. The maximum Gasteiger partial charge on any atom is 0.325 e. The number of hydrogen-bond donors (Lipinski definition) is 2. The highest BCUT2D eigenvalue weighted by molar-refractivity contribution is 6.06. The van der Waals surface area contributed by atoms with Crippen molar-refractivity contribution in [1.29, 1.82) is 0 Å². The Bertz CT molecular complexity index is 771. The van der Waals surface area contributed by atoms with Gasteiger partial charge in [-0.2, -0.15) is 0 Å². The van der Waals surface area contributed by atoms with Gasteiger partial charge in [0.25, 0.3) is 11.8 Å². The smallest absolute Gasteiger partial charge is 0.325 e. The van der Waals surface area contributed by atoms with E-state index in [4.69, 9.17) is 4.74 Å². The fraction of sp³-hybridized carbons (Fsp3) is 0.167. The van der Waals surface area contributed by atoms with Crippen molar-refractivity contribution < 1.29 is 23.9 Å². The molecule has 7 nitrogen and oxygen atoms in total. The molecular weight excluding hydrogens is 324 g/mol. The molecule has 0 heterocycles. The second-order valence-electron chi connectivity index (χ2n) is 4.99. The van der Waals surface area contributed by atoms with Gasteiger partial charge in [-0.15, -0.1) is 0 Å². The Balaban J connectivity index is 2.01. The van der Waals surface area contributed by atoms with Crippen LogP contribution in [0.2, 0.25) is 0 Å². The van der Waals surface area contributed by atoms with Gasteiger partial charge in [0.1, 0.15) is 12.3 Å². The molecule has 2 N–H and O–H groups in total. The Labute approximate surface area is 144 Å². The highest BCUT2D eigenvalue weighted by atomic mass is 16.5. The highest BCUT2D eigenvalue weighted by Crippen LogP contribution is 2.19. The molecule has 0 atom stereocenters. The Morgan fingerprint density at radius 1 is 0.920 bits per heavy atom. The van der Waals surface area contributed by atoms with Gasteiger partial charge in [-0.1, -0.05) is 12.1 Å². The quantitative estimate of drug-likeness (QED) is 0.782. The van der Waals surface area contributed by atoms with Crippen molar-refractivity contribution in [1.82, 2.24) is 5.32 Å². The minimum Gasteiger partial charge on any atom is -0.496 e. The van der Waals surface area contributed by atoms with E-state index in [0.29, 0.717) is 22.6 Å². The van der Waals surface area contributed by atoms with E-state index in [0.717, 1.165) is 0 Å². The number of rotatable bonds is 6. The molecule has 0 saturated carbocycles. The van der Waals surface area contributed by atoms with Crippen LogP contribution in [0, 0.1) is 0 Å². The lowest BCUT2D eigenvalue weighted by Gasteiger charge is -2.09. The zero-order valence-corrected chi connectivity index (χ0v) is 13.9. The van der Waals surface area contributed by atoms with Crippen LogP contribution in [0.5, 0.6) is 5.75 Å². The highest BCUT2D eigenvalue weighted by Gasteiger charge is 2.12. The minimum absolute atomic E-state index is 0.207.